The number of aliphatic hydroxyl groups is 2. The SMILES string of the molecule is CCCCCCCCC(CO)CCCCCC.CCCCCCCCCCC(CO)CCCCCCCC. The lowest BCUT2D eigenvalue weighted by Gasteiger charge is -2.13. The van der Waals surface area contributed by atoms with Gasteiger partial charge in [-0.25, -0.2) is 0 Å². The van der Waals surface area contributed by atoms with Crippen LogP contribution in [0.1, 0.15) is 207 Å². The van der Waals surface area contributed by atoms with Crippen molar-refractivity contribution < 1.29 is 10.2 Å². The van der Waals surface area contributed by atoms with Crippen molar-refractivity contribution in [2.45, 2.75) is 207 Å². The first-order valence-electron chi connectivity index (χ1n) is 17.9. The second kappa shape index (κ2) is 36.9. The zero-order valence-electron chi connectivity index (χ0n) is 27.3. The van der Waals surface area contributed by atoms with E-state index >= 15 is 0 Å². The Morgan fingerprint density at radius 2 is 0.474 bits per heavy atom. The third-order valence-electron chi connectivity index (χ3n) is 8.38. The van der Waals surface area contributed by atoms with Crippen LogP contribution in [0, 0.1) is 11.8 Å². The monoisotopic (exact) mass is 541 g/mol. The number of hydrogen-bond acceptors (Lipinski definition) is 2. The molecule has 2 N–H and O–H groups in total. The quantitative estimate of drug-likeness (QED) is 0.0889. The lowest BCUT2D eigenvalue weighted by molar-refractivity contribution is 0.204. The lowest BCUT2D eigenvalue weighted by Crippen LogP contribution is -2.06. The highest BCUT2D eigenvalue weighted by molar-refractivity contribution is 4.60. The smallest absolute Gasteiger partial charge is 0.0459 e. The molecule has 0 saturated carbocycles. The molecule has 0 spiro atoms. The predicted octanol–water partition coefficient (Wildman–Crippen LogP) is 12.2. The molecule has 0 aromatic heterocycles. The summed E-state index contributed by atoms with van der Waals surface area (Å²) in [6.07, 6.45) is 37.8. The highest BCUT2D eigenvalue weighted by atomic mass is 16.3. The maximum absolute atomic E-state index is 9.47. The molecule has 2 heteroatoms. The number of unbranched alkanes of at least 4 members (excludes halogenated alkanes) is 20. The van der Waals surface area contributed by atoms with Crippen LogP contribution in [-0.4, -0.2) is 23.4 Å². The largest absolute Gasteiger partial charge is 0.396 e. The molecule has 2 unspecified atom stereocenters. The van der Waals surface area contributed by atoms with Crippen LogP contribution in [0.4, 0.5) is 0 Å². The normalized spacial score (nSPS) is 12.8. The van der Waals surface area contributed by atoms with E-state index in [1.807, 2.05) is 0 Å². The molecule has 2 nitrogen and oxygen atoms in total. The van der Waals surface area contributed by atoms with E-state index in [9.17, 15) is 10.2 Å². The van der Waals surface area contributed by atoms with Gasteiger partial charge in [0.05, 0.1) is 0 Å². The van der Waals surface area contributed by atoms with Gasteiger partial charge in [0.15, 0.2) is 0 Å². The van der Waals surface area contributed by atoms with Gasteiger partial charge in [-0.05, 0) is 37.5 Å². The maximum atomic E-state index is 9.47. The Bertz CT molecular complexity index is 384. The Labute approximate surface area is 242 Å². The summed E-state index contributed by atoms with van der Waals surface area (Å²) in [5.41, 5.74) is 0. The first kappa shape index (κ1) is 40.1. The molecule has 0 aliphatic heterocycles. The topological polar surface area (TPSA) is 40.5 Å². The Morgan fingerprint density at radius 1 is 0.289 bits per heavy atom. The zero-order chi connectivity index (χ0) is 28.4. The first-order chi connectivity index (χ1) is 18.7. The highest BCUT2D eigenvalue weighted by Gasteiger charge is 2.07. The Hall–Kier alpha value is -0.0800. The van der Waals surface area contributed by atoms with Gasteiger partial charge in [0.25, 0.3) is 0 Å². The van der Waals surface area contributed by atoms with E-state index in [0.29, 0.717) is 25.0 Å². The van der Waals surface area contributed by atoms with Crippen LogP contribution in [0.2, 0.25) is 0 Å². The van der Waals surface area contributed by atoms with Crippen LogP contribution in [-0.2, 0) is 0 Å². The Kier molecular flexibility index (Phi) is 38.9. The third-order valence-corrected chi connectivity index (χ3v) is 8.38. The molecular formula is C36H76O2. The van der Waals surface area contributed by atoms with Gasteiger partial charge >= 0.3 is 0 Å². The van der Waals surface area contributed by atoms with Gasteiger partial charge in [0.2, 0.25) is 0 Å². The minimum absolute atomic E-state index is 0.404. The second-order valence-corrected chi connectivity index (χ2v) is 12.3. The number of hydrogen-bond donors (Lipinski definition) is 2. The van der Waals surface area contributed by atoms with Crippen LogP contribution in [0.3, 0.4) is 0 Å². The molecule has 0 radical (unpaired) electrons. The van der Waals surface area contributed by atoms with Crippen molar-refractivity contribution in [1.82, 2.24) is 0 Å². The van der Waals surface area contributed by atoms with E-state index in [1.165, 1.54) is 180 Å². The molecule has 0 heterocycles. The lowest BCUT2D eigenvalue weighted by atomic mass is 9.95. The van der Waals surface area contributed by atoms with Crippen LogP contribution < -0.4 is 0 Å². The molecule has 0 amide bonds. The number of rotatable bonds is 30. The molecule has 0 fully saturated rings. The fraction of sp³-hybridized carbons (Fsp3) is 1.00. The summed E-state index contributed by atoms with van der Waals surface area (Å²) < 4.78 is 0. The van der Waals surface area contributed by atoms with Crippen LogP contribution in [0.15, 0.2) is 0 Å². The van der Waals surface area contributed by atoms with E-state index in [4.69, 9.17) is 0 Å². The van der Waals surface area contributed by atoms with Crippen molar-refractivity contribution in [1.29, 1.82) is 0 Å². The molecule has 0 aliphatic carbocycles. The Balaban J connectivity index is 0. The molecule has 0 bridgehead atoms. The predicted molar refractivity (Wildman–Crippen MR) is 173 cm³/mol. The highest BCUT2D eigenvalue weighted by Crippen LogP contribution is 2.20. The van der Waals surface area contributed by atoms with Crippen molar-refractivity contribution in [2.24, 2.45) is 11.8 Å². The Morgan fingerprint density at radius 3 is 0.684 bits per heavy atom. The van der Waals surface area contributed by atoms with E-state index in [-0.39, 0.29) is 0 Å². The maximum Gasteiger partial charge on any atom is 0.0459 e. The van der Waals surface area contributed by atoms with Crippen LogP contribution >= 0.6 is 0 Å². The van der Waals surface area contributed by atoms with Crippen LogP contribution in [0.5, 0.6) is 0 Å². The third kappa shape index (κ3) is 33.9. The standard InChI is InChI=1S/C20H42O.C16H34O/c1-3-5-7-9-11-12-14-16-18-20(19-21)17-15-13-10-8-6-4-2;1-3-5-7-9-10-12-14-16(15-17)13-11-8-6-4-2/h20-21H,3-19H2,1-2H3;16-17H,3-15H2,1-2H3. The fourth-order valence-electron chi connectivity index (χ4n) is 5.51. The van der Waals surface area contributed by atoms with Crippen molar-refractivity contribution in [2.75, 3.05) is 13.2 Å². The summed E-state index contributed by atoms with van der Waals surface area (Å²) >= 11 is 0. The van der Waals surface area contributed by atoms with Crippen molar-refractivity contribution in [3.05, 3.63) is 0 Å². The molecule has 0 aromatic carbocycles. The summed E-state index contributed by atoms with van der Waals surface area (Å²) in [5.74, 6) is 1.16. The van der Waals surface area contributed by atoms with Gasteiger partial charge in [0.1, 0.15) is 0 Å². The van der Waals surface area contributed by atoms with Crippen molar-refractivity contribution in [3.63, 3.8) is 0 Å². The van der Waals surface area contributed by atoms with Gasteiger partial charge < -0.3 is 10.2 Å². The minimum atomic E-state index is 0.404. The minimum Gasteiger partial charge on any atom is -0.396 e. The van der Waals surface area contributed by atoms with E-state index < -0.39 is 0 Å². The molecule has 38 heavy (non-hydrogen) atoms. The first-order valence-corrected chi connectivity index (χ1v) is 17.9. The summed E-state index contributed by atoms with van der Waals surface area (Å²) in [5, 5.41) is 18.8. The molecule has 2 atom stereocenters. The summed E-state index contributed by atoms with van der Waals surface area (Å²) in [4.78, 5) is 0. The van der Waals surface area contributed by atoms with Gasteiger partial charge in [-0.1, -0.05) is 182 Å². The van der Waals surface area contributed by atoms with Gasteiger partial charge in [-0.3, -0.25) is 0 Å². The molecule has 0 aromatic rings. The van der Waals surface area contributed by atoms with Gasteiger partial charge in [0, 0.05) is 13.2 Å². The summed E-state index contributed by atoms with van der Waals surface area (Å²) in [6, 6.07) is 0. The van der Waals surface area contributed by atoms with E-state index in [2.05, 4.69) is 27.7 Å². The molecule has 0 rings (SSSR count). The molecular weight excluding hydrogens is 464 g/mol. The summed E-state index contributed by atoms with van der Waals surface area (Å²) in [6.45, 7) is 9.87. The fourth-order valence-corrected chi connectivity index (χ4v) is 5.51. The second-order valence-electron chi connectivity index (χ2n) is 12.3. The zero-order valence-corrected chi connectivity index (χ0v) is 27.3. The average molecular weight is 541 g/mol. The molecule has 0 saturated heterocycles. The van der Waals surface area contributed by atoms with E-state index in [1.54, 1.807) is 0 Å². The molecule has 232 valence electrons. The molecule has 0 aliphatic rings. The van der Waals surface area contributed by atoms with Crippen molar-refractivity contribution in [3.8, 4) is 0 Å². The van der Waals surface area contributed by atoms with Gasteiger partial charge in [-0.2, -0.15) is 0 Å². The van der Waals surface area contributed by atoms with Gasteiger partial charge in [-0.15, -0.1) is 0 Å². The van der Waals surface area contributed by atoms with Crippen molar-refractivity contribution >= 4 is 0 Å². The average Bonchev–Trinajstić information content (AvgIpc) is 2.94. The summed E-state index contributed by atoms with van der Waals surface area (Å²) in [7, 11) is 0. The van der Waals surface area contributed by atoms with E-state index in [0.717, 1.165) is 0 Å². The number of aliphatic hydroxyl groups excluding tert-OH is 2. The van der Waals surface area contributed by atoms with Crippen LogP contribution in [0.25, 0.3) is 0 Å².